The minimum atomic E-state index is -0.250. The Hall–Kier alpha value is 0. The fourth-order valence-electron chi connectivity index (χ4n) is 0. The van der Waals surface area contributed by atoms with Gasteiger partial charge in [0.1, 0.15) is 0 Å². The van der Waals surface area contributed by atoms with E-state index in [9.17, 15) is 0 Å². The van der Waals surface area contributed by atoms with E-state index in [-0.39, 0.29) is 45.9 Å². The Labute approximate surface area is 220 Å². The molecule has 30 heavy (non-hydrogen) atoms. The van der Waals surface area contributed by atoms with Gasteiger partial charge in [0, 0.05) is 9.88 Å². The third kappa shape index (κ3) is 20400. The van der Waals surface area contributed by atoms with Gasteiger partial charge in [-0.1, -0.05) is 210 Å². The SMILES string of the molecule is C.C.C.C.CC.CC.CC.CC.CC.CC.CC.CC.CC.CC.CCCC.[3HH].[3H]C[3H].[3H]C[3H].[3H][3H]. The zero-order valence-electron chi connectivity index (χ0n) is 30.8. The second kappa shape index (κ2) is 5680. The standard InChI is InChI=1S/C4H10.10C2H6.6CH4.2H2/c1-3-4-2;10*1-2;;;;;;;;/h3-4H2,1-2H3;10*1-2H3;6*1H4;2*1H/i;;;;;;;;;;;2*1T2;;;;;1+2T;1+2. The molecule has 0 nitrogen and oxygen atoms in total. The van der Waals surface area contributed by atoms with E-state index in [2.05, 4.69) is 13.8 Å². The molecule has 0 rings (SSSR count). The summed E-state index contributed by atoms with van der Waals surface area (Å²) in [6, 6.07) is 0. The fourth-order valence-corrected chi connectivity index (χ4v) is 0. The monoisotopic (exact) mass is 473 g/mol. The van der Waals surface area contributed by atoms with Crippen LogP contribution in [0.3, 0.4) is 0 Å². The van der Waals surface area contributed by atoms with E-state index in [1.165, 1.54) is 12.8 Å². The van der Waals surface area contributed by atoms with Gasteiger partial charge >= 0.3 is 0 Å². The summed E-state index contributed by atoms with van der Waals surface area (Å²) < 4.78 is 33.5. The molecule has 0 bridgehead atoms. The maximum atomic E-state index is 5.88. The van der Waals surface area contributed by atoms with Crippen molar-refractivity contribution in [3.8, 4) is 0 Å². The van der Waals surface area contributed by atoms with Gasteiger partial charge in [0.25, 0.3) is 0 Å². The highest BCUT2D eigenvalue weighted by atomic mass is 13.6. The highest BCUT2D eigenvalue weighted by Gasteiger charge is 1.56. The third-order valence-electron chi connectivity index (χ3n) is 0.500. The largest absolute Gasteiger partial charge is 0.0776 e. The maximum Gasteiger partial charge on any atom is 0.0194 e. The van der Waals surface area contributed by atoms with Gasteiger partial charge in [0.2, 0.25) is 0 Å². The van der Waals surface area contributed by atoms with Gasteiger partial charge in [0.05, 0.1) is 0 Å². The Morgan fingerprint density at radius 2 is 0.400 bits per heavy atom. The Morgan fingerprint density at radius 3 is 0.400 bits per heavy atom. The number of unbranched alkanes of at least 4 members (excludes halogenated alkanes) is 1. The summed E-state index contributed by atoms with van der Waals surface area (Å²) in [5, 5.41) is 0. The zero-order chi connectivity index (χ0) is 30.8. The Bertz CT molecular complexity index is 37.9. The van der Waals surface area contributed by atoms with Crippen molar-refractivity contribution in [2.45, 2.75) is 210 Å². The van der Waals surface area contributed by atoms with Crippen molar-refractivity contribution in [1.82, 2.24) is 0 Å². The molecule has 0 N–H and O–H groups in total. The molecular weight excluding hydrogens is 360 g/mol. The molecule has 0 fully saturated rings. The average molecular weight is 473 g/mol. The highest BCUT2D eigenvalue weighted by Crippen LogP contribution is 1.76. The molecule has 0 aromatic heterocycles. The van der Waals surface area contributed by atoms with E-state index in [1.807, 2.05) is 138 Å². The summed E-state index contributed by atoms with van der Waals surface area (Å²) in [6.45, 7) is 44.4. The molecule has 0 aliphatic carbocycles. The first kappa shape index (κ1) is 77.9. The lowest BCUT2D eigenvalue weighted by Gasteiger charge is -1.68. The van der Waals surface area contributed by atoms with Crippen molar-refractivity contribution in [2.24, 2.45) is 0 Å². The Morgan fingerprint density at radius 1 is 0.367 bits per heavy atom. The summed E-state index contributed by atoms with van der Waals surface area (Å²) in [7, 11) is -0.500. The summed E-state index contributed by atoms with van der Waals surface area (Å²) in [6.07, 6.45) is 2.64. The summed E-state index contributed by atoms with van der Waals surface area (Å²) in [4.78, 5) is 0. The van der Waals surface area contributed by atoms with E-state index >= 15 is 0 Å². The predicted molar refractivity (Wildman–Crippen MR) is 179 cm³/mol. The molecular formula is C30H98. The number of rotatable bonds is 1. The number of hydrogen-bond donors (Lipinski definition) is 0. The topological polar surface area (TPSA) is 0 Å². The van der Waals surface area contributed by atoms with Gasteiger partial charge in [-0.2, -0.15) is 0 Å². The fraction of sp³-hybridized carbons (Fsp3) is 1.00. The van der Waals surface area contributed by atoms with Crippen molar-refractivity contribution >= 4 is 0 Å². The molecule has 0 spiro atoms. The third-order valence-corrected chi connectivity index (χ3v) is 0.500. The molecule has 218 valence electrons. The van der Waals surface area contributed by atoms with Gasteiger partial charge in [-0.15, -0.1) is 0 Å². The normalized spacial score (nSPS) is 4.60. The molecule has 0 amide bonds. The van der Waals surface area contributed by atoms with E-state index in [4.69, 9.17) is 8.45 Å². The minimum Gasteiger partial charge on any atom is -0.0776 e. The summed E-state index contributed by atoms with van der Waals surface area (Å²) in [5.74, 6) is 0. The van der Waals surface area contributed by atoms with Crippen LogP contribution in [-0.2, 0) is 0 Å². The van der Waals surface area contributed by atoms with Gasteiger partial charge in [-0.3, -0.25) is 0 Å². The van der Waals surface area contributed by atoms with Crippen molar-refractivity contribution < 1.29 is 9.88 Å². The lowest BCUT2D eigenvalue weighted by Crippen LogP contribution is -1.47. The molecule has 0 heterocycles. The van der Waals surface area contributed by atoms with Gasteiger partial charge in [0.15, 0.2) is 0 Å². The molecule has 0 heteroatoms. The Balaban J connectivity index is -0.00000000554. The predicted octanol–water partition coefficient (Wildman–Crippen LogP) is 16.4. The van der Waals surface area contributed by atoms with E-state index < -0.39 is 0 Å². The van der Waals surface area contributed by atoms with Crippen LogP contribution in [0.5, 0.6) is 0 Å². The smallest absolute Gasteiger partial charge is 0.0194 e. The second-order valence-electron chi connectivity index (χ2n) is 1.000. The lowest BCUT2D eigenvalue weighted by atomic mass is 10.4. The van der Waals surface area contributed by atoms with E-state index in [1.54, 1.807) is 0 Å². The van der Waals surface area contributed by atoms with Crippen LogP contribution in [0.15, 0.2) is 0 Å². The molecule has 0 atom stereocenters. The van der Waals surface area contributed by atoms with Gasteiger partial charge < -0.3 is 0 Å². The van der Waals surface area contributed by atoms with E-state index in [0.717, 1.165) is 0 Å². The molecule has 0 radical (unpaired) electrons. The van der Waals surface area contributed by atoms with Crippen molar-refractivity contribution in [3.63, 3.8) is 0 Å². The van der Waals surface area contributed by atoms with Crippen LogP contribution >= 0.6 is 0 Å². The first-order chi connectivity index (χ1) is 15.7. The minimum absolute atomic E-state index is 0. The maximum absolute atomic E-state index is 5.88. The lowest BCUT2D eigenvalue weighted by molar-refractivity contribution is 0.886. The number of hydrogen-bond acceptors (Lipinski definition) is 0. The molecule has 0 saturated carbocycles. The summed E-state index contributed by atoms with van der Waals surface area (Å²) in [5.41, 5.74) is 0. The van der Waals surface area contributed by atoms with Crippen molar-refractivity contribution in [1.29, 1.82) is 0 Å². The van der Waals surface area contributed by atoms with E-state index in [0.29, 0.717) is 0 Å². The van der Waals surface area contributed by atoms with Crippen LogP contribution in [0.2, 0.25) is 0 Å². The van der Waals surface area contributed by atoms with Crippen LogP contribution in [0.25, 0.3) is 0 Å². The first-order valence-corrected chi connectivity index (χ1v) is 11.9. The molecule has 0 aromatic carbocycles. The van der Waals surface area contributed by atoms with Crippen LogP contribution in [0, 0.1) is 0 Å². The first-order valence-electron chi connectivity index (χ1n) is 15.7. The van der Waals surface area contributed by atoms with Crippen LogP contribution in [-0.4, -0.2) is 0 Å². The summed E-state index contributed by atoms with van der Waals surface area (Å²) >= 11 is 0. The quantitative estimate of drug-likeness (QED) is 0.355. The molecule has 0 aliphatic rings. The Kier molecular flexibility index (Phi) is 14800. The zero-order valence-corrected chi connectivity index (χ0v) is 24.8. The van der Waals surface area contributed by atoms with Gasteiger partial charge in [-0.25, -0.2) is 0 Å². The van der Waals surface area contributed by atoms with Gasteiger partial charge in [-0.05, 0) is 0 Å². The van der Waals surface area contributed by atoms with Crippen LogP contribution in [0.1, 0.15) is 220 Å². The second-order valence-corrected chi connectivity index (χ2v) is 1.000. The molecule has 0 aromatic rings. The molecule has 0 saturated heterocycles. The van der Waals surface area contributed by atoms with Crippen LogP contribution < -0.4 is 0 Å². The average Bonchev–Trinajstić information content (AvgIpc) is 2.97. The highest BCUT2D eigenvalue weighted by molar-refractivity contribution is 4.12. The van der Waals surface area contributed by atoms with Crippen LogP contribution in [0.4, 0.5) is 0 Å². The van der Waals surface area contributed by atoms with Crippen molar-refractivity contribution in [2.75, 3.05) is 0 Å². The van der Waals surface area contributed by atoms with Crippen molar-refractivity contribution in [3.05, 3.63) is 0 Å². The molecule has 0 aliphatic heterocycles. The molecule has 0 unspecified atom stereocenters.